The van der Waals surface area contributed by atoms with Crippen molar-refractivity contribution < 1.29 is 9.53 Å². The largest absolute Gasteiger partial charge is 0.374 e. The normalized spacial score (nSPS) is 19.0. The molecule has 1 aromatic carbocycles. The summed E-state index contributed by atoms with van der Waals surface area (Å²) in [6.07, 6.45) is 0.177. The number of rotatable bonds is 6. The van der Waals surface area contributed by atoms with Gasteiger partial charge in [-0.15, -0.1) is 0 Å². The molecule has 1 aromatic rings. The zero-order chi connectivity index (χ0) is 14.2. The number of amides is 1. The Hall–Kier alpha value is -1.43. The molecule has 1 aliphatic rings. The molecule has 0 aromatic heterocycles. The minimum atomic E-state index is 0.0418. The number of morpholine rings is 1. The summed E-state index contributed by atoms with van der Waals surface area (Å²) in [5, 5.41) is 6.22. The van der Waals surface area contributed by atoms with Crippen molar-refractivity contribution in [1.82, 2.24) is 15.5 Å². The van der Waals surface area contributed by atoms with E-state index in [4.69, 9.17) is 4.74 Å². The quantitative estimate of drug-likeness (QED) is 0.781. The fourth-order valence-electron chi connectivity index (χ4n) is 2.25. The number of carbonyl (C=O) groups excluding carboxylic acids is 1. The summed E-state index contributed by atoms with van der Waals surface area (Å²) >= 11 is 0. The Morgan fingerprint density at radius 1 is 1.45 bits per heavy atom. The van der Waals surface area contributed by atoms with Gasteiger partial charge in [-0.2, -0.15) is 0 Å². The number of nitrogens with zero attached hydrogens (tertiary/aromatic N) is 1. The third-order valence-electron chi connectivity index (χ3n) is 3.27. The van der Waals surface area contributed by atoms with Gasteiger partial charge >= 0.3 is 0 Å². The first-order valence-electron chi connectivity index (χ1n) is 7.05. The summed E-state index contributed by atoms with van der Waals surface area (Å²) in [5.41, 5.74) is 1.11. The highest BCUT2D eigenvalue weighted by Crippen LogP contribution is 1.99. The molecule has 1 heterocycles. The highest BCUT2D eigenvalue weighted by Gasteiger charge is 2.16. The van der Waals surface area contributed by atoms with E-state index >= 15 is 0 Å². The van der Waals surface area contributed by atoms with Gasteiger partial charge in [-0.25, -0.2) is 0 Å². The van der Waals surface area contributed by atoms with Gasteiger partial charge in [0.1, 0.15) is 0 Å². The molecular weight excluding hydrogens is 254 g/mol. The number of hydrogen-bond acceptors (Lipinski definition) is 4. The van der Waals surface area contributed by atoms with E-state index in [0.717, 1.165) is 31.8 Å². The van der Waals surface area contributed by atoms with E-state index in [1.807, 2.05) is 42.3 Å². The first-order chi connectivity index (χ1) is 9.74. The third-order valence-corrected chi connectivity index (χ3v) is 3.27. The van der Waals surface area contributed by atoms with Crippen molar-refractivity contribution in [2.75, 3.05) is 39.8 Å². The number of ether oxygens (including phenoxy) is 1. The van der Waals surface area contributed by atoms with E-state index in [1.165, 1.54) is 0 Å². The fourth-order valence-corrected chi connectivity index (χ4v) is 2.25. The lowest BCUT2D eigenvalue weighted by Crippen LogP contribution is -2.46. The molecule has 110 valence electrons. The van der Waals surface area contributed by atoms with Crippen molar-refractivity contribution in [2.24, 2.45) is 0 Å². The topological polar surface area (TPSA) is 53.6 Å². The van der Waals surface area contributed by atoms with Crippen LogP contribution >= 0.6 is 0 Å². The molecule has 1 aliphatic heterocycles. The molecule has 0 spiro atoms. The maximum atomic E-state index is 11.9. The Bertz CT molecular complexity index is 405. The maximum absolute atomic E-state index is 11.9. The van der Waals surface area contributed by atoms with Gasteiger partial charge in [-0.05, 0) is 12.6 Å². The zero-order valence-corrected chi connectivity index (χ0v) is 12.0. The molecule has 0 radical (unpaired) electrons. The zero-order valence-electron chi connectivity index (χ0n) is 12.0. The van der Waals surface area contributed by atoms with Crippen molar-refractivity contribution in [3.8, 4) is 0 Å². The molecule has 1 saturated heterocycles. The van der Waals surface area contributed by atoms with Crippen molar-refractivity contribution in [3.63, 3.8) is 0 Å². The van der Waals surface area contributed by atoms with Gasteiger partial charge in [0.2, 0.25) is 5.91 Å². The summed E-state index contributed by atoms with van der Waals surface area (Å²) in [5.74, 6) is 0.0418. The second kappa shape index (κ2) is 7.99. The van der Waals surface area contributed by atoms with Crippen molar-refractivity contribution in [1.29, 1.82) is 0 Å². The van der Waals surface area contributed by atoms with Crippen LogP contribution in [0.5, 0.6) is 0 Å². The molecule has 0 bridgehead atoms. The lowest BCUT2D eigenvalue weighted by molar-refractivity contribution is -0.122. The molecule has 0 aliphatic carbocycles. The van der Waals surface area contributed by atoms with E-state index < -0.39 is 0 Å². The summed E-state index contributed by atoms with van der Waals surface area (Å²) in [6.45, 7) is 4.26. The molecule has 5 heteroatoms. The van der Waals surface area contributed by atoms with Crippen LogP contribution in [0.15, 0.2) is 30.3 Å². The SMILES string of the molecule is CN(CC(=O)NCc1ccccc1)CC1CNCCO1. The molecule has 5 nitrogen and oxygen atoms in total. The fraction of sp³-hybridized carbons (Fsp3) is 0.533. The second-order valence-corrected chi connectivity index (χ2v) is 5.16. The first kappa shape index (κ1) is 15.0. The molecule has 2 N–H and O–H groups in total. The Morgan fingerprint density at radius 2 is 2.25 bits per heavy atom. The Kier molecular flexibility index (Phi) is 5.98. The monoisotopic (exact) mass is 277 g/mol. The van der Waals surface area contributed by atoms with Gasteiger partial charge in [-0.1, -0.05) is 30.3 Å². The van der Waals surface area contributed by atoms with Crippen LogP contribution in [0.3, 0.4) is 0 Å². The van der Waals surface area contributed by atoms with Crippen LogP contribution in [0.25, 0.3) is 0 Å². The highest BCUT2D eigenvalue weighted by atomic mass is 16.5. The van der Waals surface area contributed by atoms with Crippen molar-refractivity contribution in [3.05, 3.63) is 35.9 Å². The average Bonchev–Trinajstić information content (AvgIpc) is 2.47. The van der Waals surface area contributed by atoms with Gasteiger partial charge in [0, 0.05) is 26.2 Å². The van der Waals surface area contributed by atoms with E-state index in [2.05, 4.69) is 10.6 Å². The van der Waals surface area contributed by atoms with Gasteiger partial charge < -0.3 is 15.4 Å². The van der Waals surface area contributed by atoms with Crippen molar-refractivity contribution >= 4 is 5.91 Å². The van der Waals surface area contributed by atoms with Crippen LogP contribution in [0.4, 0.5) is 0 Å². The summed E-state index contributed by atoms with van der Waals surface area (Å²) in [6, 6.07) is 9.93. The van der Waals surface area contributed by atoms with Crippen LogP contribution in [-0.4, -0.2) is 56.7 Å². The van der Waals surface area contributed by atoms with Gasteiger partial charge in [-0.3, -0.25) is 9.69 Å². The molecule has 20 heavy (non-hydrogen) atoms. The summed E-state index contributed by atoms with van der Waals surface area (Å²) < 4.78 is 5.62. The van der Waals surface area contributed by atoms with Crippen LogP contribution in [0.2, 0.25) is 0 Å². The Morgan fingerprint density at radius 3 is 2.95 bits per heavy atom. The number of nitrogens with one attached hydrogen (secondary N) is 2. The van der Waals surface area contributed by atoms with Gasteiger partial charge in [0.25, 0.3) is 0 Å². The summed E-state index contributed by atoms with van der Waals surface area (Å²) in [7, 11) is 1.94. The minimum absolute atomic E-state index is 0.0418. The van der Waals surface area contributed by atoms with E-state index in [1.54, 1.807) is 0 Å². The van der Waals surface area contributed by atoms with Crippen molar-refractivity contribution in [2.45, 2.75) is 12.6 Å². The number of benzene rings is 1. The second-order valence-electron chi connectivity index (χ2n) is 5.16. The lowest BCUT2D eigenvalue weighted by Gasteiger charge is -2.27. The first-order valence-corrected chi connectivity index (χ1v) is 7.05. The predicted octanol–water partition coefficient (Wildman–Crippen LogP) is 0.223. The number of likely N-dealkylation sites (N-methyl/N-ethyl adjacent to an activating group) is 1. The molecule has 1 fully saturated rings. The Labute approximate surface area is 120 Å². The molecule has 1 atom stereocenters. The Balaban J connectivity index is 1.65. The van der Waals surface area contributed by atoms with Gasteiger partial charge in [0.15, 0.2) is 0 Å². The van der Waals surface area contributed by atoms with Crippen LogP contribution in [0.1, 0.15) is 5.56 Å². The van der Waals surface area contributed by atoms with E-state index in [-0.39, 0.29) is 12.0 Å². The molecule has 1 amide bonds. The van der Waals surface area contributed by atoms with E-state index in [9.17, 15) is 4.79 Å². The minimum Gasteiger partial charge on any atom is -0.374 e. The van der Waals surface area contributed by atoms with Crippen LogP contribution < -0.4 is 10.6 Å². The summed E-state index contributed by atoms with van der Waals surface area (Å²) in [4.78, 5) is 13.9. The molecule has 2 rings (SSSR count). The average molecular weight is 277 g/mol. The molecule has 1 unspecified atom stereocenters. The molecule has 0 saturated carbocycles. The highest BCUT2D eigenvalue weighted by molar-refractivity contribution is 5.77. The molecular formula is C15H23N3O2. The van der Waals surface area contributed by atoms with Crippen LogP contribution in [0, 0.1) is 0 Å². The number of carbonyl (C=O) groups is 1. The van der Waals surface area contributed by atoms with Crippen LogP contribution in [-0.2, 0) is 16.1 Å². The number of hydrogen-bond donors (Lipinski definition) is 2. The smallest absolute Gasteiger partial charge is 0.234 e. The predicted molar refractivity (Wildman–Crippen MR) is 78.4 cm³/mol. The maximum Gasteiger partial charge on any atom is 0.234 e. The lowest BCUT2D eigenvalue weighted by atomic mass is 10.2. The standard InChI is InChI=1S/C15H23N3O2/c1-18(11-14-10-16-7-8-20-14)12-15(19)17-9-13-5-3-2-4-6-13/h2-6,14,16H,7-12H2,1H3,(H,17,19). The van der Waals surface area contributed by atoms with Gasteiger partial charge in [0.05, 0.1) is 19.3 Å². The van der Waals surface area contributed by atoms with E-state index in [0.29, 0.717) is 13.1 Å². The third kappa shape index (κ3) is 5.28.